The summed E-state index contributed by atoms with van der Waals surface area (Å²) in [6.07, 6.45) is 0.575. The highest BCUT2D eigenvalue weighted by atomic mass is 35.5. The molecule has 2 heterocycles. The fourth-order valence-electron chi connectivity index (χ4n) is 6.08. The Balaban J connectivity index is 1.35. The second kappa shape index (κ2) is 10.9. The van der Waals surface area contributed by atoms with Crippen LogP contribution in [0.2, 0.25) is 30.1 Å². The minimum Gasteiger partial charge on any atom is -0.298 e. The van der Waals surface area contributed by atoms with Gasteiger partial charge in [-0.05, 0) is 30.3 Å². The van der Waals surface area contributed by atoms with Gasteiger partial charge in [-0.2, -0.15) is 21.0 Å². The zero-order valence-electron chi connectivity index (χ0n) is 21.1. The summed E-state index contributed by atoms with van der Waals surface area (Å²) < 4.78 is 63.0. The number of carbonyl (C=O) groups excluding carboxylic acids is 3. The molecule has 3 aliphatic carbocycles. The molecule has 2 aliphatic heterocycles. The Morgan fingerprint density at radius 2 is 1.16 bits per heavy atom. The summed E-state index contributed by atoms with van der Waals surface area (Å²) in [7, 11) is -9.81. The lowest BCUT2D eigenvalue weighted by Crippen LogP contribution is -2.49. The molecule has 44 heavy (non-hydrogen) atoms. The summed E-state index contributed by atoms with van der Waals surface area (Å²) in [6.45, 7) is 0. The maximum absolute atomic E-state index is 13.7. The summed E-state index contributed by atoms with van der Waals surface area (Å²) in [5.74, 6) is -10.2. The average Bonchev–Trinajstić information content (AvgIpc) is 3.17. The fourth-order valence-corrected chi connectivity index (χ4v) is 9.98. The highest BCUT2D eigenvalue weighted by molar-refractivity contribution is 7.87. The van der Waals surface area contributed by atoms with Gasteiger partial charge in [-0.25, -0.2) is 0 Å². The lowest BCUT2D eigenvalue weighted by Gasteiger charge is -2.33. The second-order valence-electron chi connectivity index (χ2n) is 10.2. The molecule has 1 saturated carbocycles. The number of Topliss-reactive ketones (excluding diaryl/α,β-unsaturated/α-hetero) is 1. The predicted octanol–water partition coefficient (Wildman–Crippen LogP) is 4.72. The van der Waals surface area contributed by atoms with Gasteiger partial charge in [0.2, 0.25) is 6.04 Å². The first-order valence-electron chi connectivity index (χ1n) is 12.2. The lowest BCUT2D eigenvalue weighted by molar-refractivity contribution is -0.624. The Bertz CT molecular complexity index is 1970. The van der Waals surface area contributed by atoms with Gasteiger partial charge in [-0.1, -0.05) is 75.7 Å². The minimum atomic E-state index is -4.96. The van der Waals surface area contributed by atoms with Gasteiger partial charge in [-0.15, -0.1) is 9.35 Å². The number of hydrogen-bond acceptors (Lipinski definition) is 10. The van der Waals surface area contributed by atoms with E-state index in [4.69, 9.17) is 78.1 Å². The first kappa shape index (κ1) is 32.1. The normalized spacial score (nSPS) is 29.5. The molecule has 0 N–H and O–H groups in total. The molecule has 7 rings (SSSR count). The number of amides is 2. The van der Waals surface area contributed by atoms with Crippen LogP contribution in [0.25, 0.3) is 0 Å². The number of halogens is 6. The zero-order valence-corrected chi connectivity index (χ0v) is 27.2. The van der Waals surface area contributed by atoms with Crippen molar-refractivity contribution in [2.24, 2.45) is 29.6 Å². The van der Waals surface area contributed by atoms with E-state index in [2.05, 4.69) is 0 Å². The van der Waals surface area contributed by atoms with Crippen molar-refractivity contribution in [2.75, 3.05) is 0 Å². The van der Waals surface area contributed by atoms with E-state index < -0.39 is 94.5 Å². The van der Waals surface area contributed by atoms with Crippen LogP contribution in [-0.4, -0.2) is 56.5 Å². The van der Waals surface area contributed by atoms with Crippen LogP contribution in [0.3, 0.4) is 0 Å². The van der Waals surface area contributed by atoms with Gasteiger partial charge in [0, 0.05) is 15.6 Å². The van der Waals surface area contributed by atoms with E-state index in [1.54, 1.807) is 0 Å². The van der Waals surface area contributed by atoms with Gasteiger partial charge in [0.1, 0.15) is 15.7 Å². The fraction of sp³-hybridized carbons (Fsp3) is 0.292. The minimum absolute atomic E-state index is 0.00204. The van der Waals surface area contributed by atoms with Crippen molar-refractivity contribution in [2.45, 2.75) is 22.1 Å². The largest absolute Gasteiger partial charge is 0.330 e. The molecule has 232 valence electrons. The van der Waals surface area contributed by atoms with Crippen molar-refractivity contribution < 1.29 is 44.4 Å². The number of hydrogen-bond donors (Lipinski definition) is 0. The molecule has 2 aromatic rings. The number of nitroso groups, excluding NO2 is 1. The third-order valence-electron chi connectivity index (χ3n) is 7.88. The van der Waals surface area contributed by atoms with Crippen molar-refractivity contribution in [1.29, 1.82) is 0 Å². The number of rotatable bonds is 6. The maximum Gasteiger partial charge on any atom is 0.330 e. The molecule has 4 bridgehead atoms. The zero-order chi connectivity index (χ0) is 32.2. The van der Waals surface area contributed by atoms with Gasteiger partial charge >= 0.3 is 26.5 Å². The van der Waals surface area contributed by atoms with Crippen LogP contribution >= 0.6 is 69.6 Å². The molecule has 2 saturated heterocycles. The van der Waals surface area contributed by atoms with E-state index in [0.717, 1.165) is 24.3 Å². The third kappa shape index (κ3) is 4.81. The van der Waals surface area contributed by atoms with Crippen LogP contribution in [0, 0.1) is 34.5 Å². The summed E-state index contributed by atoms with van der Waals surface area (Å²) in [6, 6.07) is 2.52. The number of nitrogens with zero attached hydrogens (tertiary/aromatic N) is 2. The number of hydroxylamine groups is 2. The quantitative estimate of drug-likeness (QED) is 0.132. The Labute approximate surface area is 278 Å². The van der Waals surface area contributed by atoms with E-state index in [0.29, 0.717) is 0 Å². The Hall–Kier alpha value is -1.85. The van der Waals surface area contributed by atoms with Gasteiger partial charge in [0.25, 0.3) is 11.8 Å². The number of carbonyl (C=O) groups is 3. The molecule has 20 heteroatoms. The maximum atomic E-state index is 13.7. The molecular weight excluding hydrogens is 753 g/mol. The number of ketones is 1. The summed E-state index contributed by atoms with van der Waals surface area (Å²) in [5.41, 5.74) is 0. The number of imide groups is 1. The van der Waals surface area contributed by atoms with Crippen molar-refractivity contribution in [1.82, 2.24) is 5.06 Å². The van der Waals surface area contributed by atoms with Gasteiger partial charge in [0.05, 0.1) is 47.9 Å². The molecule has 7 unspecified atom stereocenters. The van der Waals surface area contributed by atoms with Crippen molar-refractivity contribution in [3.8, 4) is 0 Å². The monoisotopic (exact) mass is 763 g/mol. The Kier molecular flexibility index (Phi) is 7.93. The summed E-state index contributed by atoms with van der Waals surface area (Å²) >= 11 is 35.6. The third-order valence-corrected chi connectivity index (χ3v) is 12.7. The van der Waals surface area contributed by atoms with Gasteiger partial charge in [0.15, 0.2) is 5.78 Å². The number of benzene rings is 2. The molecular formula is C24H13Cl6N2O10S2+. The van der Waals surface area contributed by atoms with Crippen LogP contribution in [0.15, 0.2) is 46.2 Å². The van der Waals surface area contributed by atoms with E-state index in [1.807, 2.05) is 0 Å². The molecule has 3 fully saturated rings. The predicted molar refractivity (Wildman–Crippen MR) is 154 cm³/mol. The smallest absolute Gasteiger partial charge is 0.298 e. The molecule has 12 nitrogen and oxygen atoms in total. The van der Waals surface area contributed by atoms with E-state index in [9.17, 15) is 36.1 Å². The molecule has 2 amide bonds. The summed E-state index contributed by atoms with van der Waals surface area (Å²) in [5, 5.41) is -1.34. The Morgan fingerprint density at radius 3 is 1.73 bits per heavy atom. The highest BCUT2D eigenvalue weighted by Gasteiger charge is 2.75. The van der Waals surface area contributed by atoms with Crippen LogP contribution in [0.1, 0.15) is 0 Å². The SMILES string of the molecule is O=C1C2C=CC3C(C4C(=O)N(OS(=O)(=O)c5cc(Cl)c(Cl)cc5Cl)C(=O)C24)C1C(OS(=O)(=O)c1cc(Cl)c(Cl)cc1Cl)[N+]3=O. The molecule has 7 atom stereocenters. The van der Waals surface area contributed by atoms with Crippen molar-refractivity contribution in [3.05, 3.63) is 71.5 Å². The van der Waals surface area contributed by atoms with E-state index in [-0.39, 0.29) is 34.9 Å². The van der Waals surface area contributed by atoms with E-state index >= 15 is 0 Å². The van der Waals surface area contributed by atoms with Crippen LogP contribution in [-0.2, 0) is 43.1 Å². The molecule has 2 aromatic carbocycles. The molecule has 0 aromatic heterocycles. The first-order chi connectivity index (χ1) is 20.5. The standard InChI is InChI=1S/C24H13Cl6N2O10S2/c25-8-3-12(29)15(5-10(8)27)43(37,38)41-24-20-18-14(31(24)36)2-1-7(21(20)33)17-19(18)23(35)32(22(17)34)42-44(39,40)16-6-11(28)9(26)4-13(16)30/h1-7,14,17-20,24H/q+1. The number of allylic oxidation sites excluding steroid dienone is 1. The summed E-state index contributed by atoms with van der Waals surface area (Å²) in [4.78, 5) is 52.9. The van der Waals surface area contributed by atoms with Crippen LogP contribution < -0.4 is 0 Å². The topological polar surface area (TPSA) is 161 Å². The highest BCUT2D eigenvalue weighted by Crippen LogP contribution is 2.55. The molecule has 0 radical (unpaired) electrons. The first-order valence-corrected chi connectivity index (χ1v) is 17.3. The van der Waals surface area contributed by atoms with E-state index in [1.165, 1.54) is 12.2 Å². The average molecular weight is 766 g/mol. The lowest BCUT2D eigenvalue weighted by atomic mass is 9.63. The van der Waals surface area contributed by atoms with Crippen molar-refractivity contribution in [3.63, 3.8) is 0 Å². The van der Waals surface area contributed by atoms with Crippen LogP contribution in [0.5, 0.6) is 0 Å². The van der Waals surface area contributed by atoms with Crippen molar-refractivity contribution >= 4 is 107 Å². The van der Waals surface area contributed by atoms with Gasteiger partial charge < -0.3 is 0 Å². The second-order valence-corrected chi connectivity index (χ2v) is 15.6. The Morgan fingerprint density at radius 1 is 0.659 bits per heavy atom. The molecule has 5 aliphatic rings. The van der Waals surface area contributed by atoms with Gasteiger partial charge in [-0.3, -0.25) is 14.4 Å². The van der Waals surface area contributed by atoms with Crippen LogP contribution in [0.4, 0.5) is 0 Å². The molecule has 0 spiro atoms.